The summed E-state index contributed by atoms with van der Waals surface area (Å²) >= 11 is 0. The molecule has 0 aromatic carbocycles. The molecule has 0 saturated carbocycles. The Morgan fingerprint density at radius 1 is 1.54 bits per heavy atom. The van der Waals surface area contributed by atoms with Crippen molar-refractivity contribution < 1.29 is 14.3 Å². The maximum atomic E-state index is 11.2. The van der Waals surface area contributed by atoms with E-state index in [0.717, 1.165) is 0 Å². The summed E-state index contributed by atoms with van der Waals surface area (Å²) < 4.78 is 4.84. The average molecular weight is 187 g/mol. The number of hydrogen-bond donors (Lipinski definition) is 1. The molecule has 4 nitrogen and oxygen atoms in total. The van der Waals surface area contributed by atoms with Crippen LogP contribution >= 0.6 is 0 Å². The van der Waals surface area contributed by atoms with Crippen molar-refractivity contribution in [2.24, 2.45) is 11.7 Å². The molecule has 0 aromatic heterocycles. The lowest BCUT2D eigenvalue weighted by Gasteiger charge is -2.16. The Balaban J connectivity index is 4.05. The normalized spacial score (nSPS) is 15.2. The van der Waals surface area contributed by atoms with Crippen LogP contribution in [-0.2, 0) is 14.3 Å². The molecule has 2 atom stereocenters. The summed E-state index contributed by atoms with van der Waals surface area (Å²) in [6.45, 7) is 5.43. The van der Waals surface area contributed by atoms with E-state index in [1.54, 1.807) is 6.92 Å². The van der Waals surface area contributed by atoms with Crippen molar-refractivity contribution in [3.8, 4) is 0 Å². The van der Waals surface area contributed by atoms with E-state index < -0.39 is 18.1 Å². The summed E-state index contributed by atoms with van der Waals surface area (Å²) in [5, 5.41) is 0. The van der Waals surface area contributed by atoms with E-state index in [1.807, 2.05) is 13.8 Å². The van der Waals surface area contributed by atoms with E-state index in [2.05, 4.69) is 0 Å². The van der Waals surface area contributed by atoms with E-state index in [0.29, 0.717) is 12.7 Å². The quantitative estimate of drug-likeness (QED) is 0.502. The predicted molar refractivity (Wildman–Crippen MR) is 49.0 cm³/mol. The number of esters is 1. The Labute approximate surface area is 78.4 Å². The highest BCUT2D eigenvalue weighted by Crippen LogP contribution is 2.03. The van der Waals surface area contributed by atoms with Crippen molar-refractivity contribution in [3.05, 3.63) is 0 Å². The van der Waals surface area contributed by atoms with Crippen LogP contribution in [0.1, 0.15) is 27.2 Å². The van der Waals surface area contributed by atoms with Gasteiger partial charge in [0.15, 0.2) is 12.4 Å². The molecule has 0 radical (unpaired) electrons. The second-order valence-corrected chi connectivity index (χ2v) is 3.29. The van der Waals surface area contributed by atoms with Crippen molar-refractivity contribution >= 4 is 12.3 Å². The van der Waals surface area contributed by atoms with E-state index in [-0.39, 0.29) is 5.92 Å². The zero-order valence-electron chi connectivity index (χ0n) is 8.32. The summed E-state index contributed by atoms with van der Waals surface area (Å²) in [7, 11) is 0. The second-order valence-electron chi connectivity index (χ2n) is 3.29. The van der Waals surface area contributed by atoms with Gasteiger partial charge in [-0.2, -0.15) is 0 Å². The molecule has 1 unspecified atom stereocenters. The Morgan fingerprint density at radius 3 is 2.38 bits per heavy atom. The number of carbonyl (C=O) groups is 2. The minimum atomic E-state index is -0.655. The summed E-state index contributed by atoms with van der Waals surface area (Å²) in [5.74, 6) is -0.481. The van der Waals surface area contributed by atoms with Gasteiger partial charge in [-0.3, -0.25) is 9.59 Å². The lowest BCUT2D eigenvalue weighted by molar-refractivity contribution is -0.154. The maximum Gasteiger partial charge on any atom is 0.323 e. The van der Waals surface area contributed by atoms with Crippen LogP contribution in [0.4, 0.5) is 0 Å². The van der Waals surface area contributed by atoms with Gasteiger partial charge < -0.3 is 10.5 Å². The van der Waals surface area contributed by atoms with E-state index in [9.17, 15) is 9.59 Å². The molecular weight excluding hydrogens is 170 g/mol. The molecule has 76 valence electrons. The lowest BCUT2D eigenvalue weighted by atomic mass is 10.1. The molecule has 0 bridgehead atoms. The Morgan fingerprint density at radius 2 is 2.08 bits per heavy atom. The second kappa shape index (κ2) is 5.70. The van der Waals surface area contributed by atoms with E-state index in [4.69, 9.17) is 10.5 Å². The van der Waals surface area contributed by atoms with Gasteiger partial charge in [-0.1, -0.05) is 20.8 Å². The lowest BCUT2D eigenvalue weighted by Crippen LogP contribution is -2.39. The van der Waals surface area contributed by atoms with Gasteiger partial charge in [0.25, 0.3) is 0 Å². The molecule has 0 saturated heterocycles. The van der Waals surface area contributed by atoms with Crippen molar-refractivity contribution in [3.63, 3.8) is 0 Å². The molecule has 0 aliphatic carbocycles. The molecule has 0 fully saturated rings. The van der Waals surface area contributed by atoms with E-state index in [1.165, 1.54) is 0 Å². The Hall–Kier alpha value is -0.900. The number of hydrogen-bond acceptors (Lipinski definition) is 4. The van der Waals surface area contributed by atoms with Crippen LogP contribution in [0.25, 0.3) is 0 Å². The van der Waals surface area contributed by atoms with Gasteiger partial charge in [-0.05, 0) is 12.3 Å². The topological polar surface area (TPSA) is 69.4 Å². The van der Waals surface area contributed by atoms with Gasteiger partial charge in [0.1, 0.15) is 6.04 Å². The molecule has 0 spiro atoms. The zero-order chi connectivity index (χ0) is 10.4. The van der Waals surface area contributed by atoms with Crippen molar-refractivity contribution in [2.45, 2.75) is 39.3 Å². The fourth-order valence-corrected chi connectivity index (χ4v) is 0.707. The molecule has 0 aliphatic heterocycles. The fourth-order valence-electron chi connectivity index (χ4n) is 0.707. The van der Waals surface area contributed by atoms with Crippen molar-refractivity contribution in [2.75, 3.05) is 0 Å². The molecule has 13 heavy (non-hydrogen) atoms. The van der Waals surface area contributed by atoms with Gasteiger partial charge in [0, 0.05) is 0 Å². The molecule has 0 amide bonds. The van der Waals surface area contributed by atoms with E-state index >= 15 is 0 Å². The molecule has 0 heterocycles. The highest BCUT2D eigenvalue weighted by molar-refractivity contribution is 5.77. The highest BCUT2D eigenvalue weighted by atomic mass is 16.5. The summed E-state index contributed by atoms with van der Waals surface area (Å²) in [6, 6.07) is -0.644. The first-order valence-corrected chi connectivity index (χ1v) is 4.44. The third kappa shape index (κ3) is 4.03. The number of carbonyl (C=O) groups excluding carboxylic acids is 2. The highest BCUT2D eigenvalue weighted by Gasteiger charge is 2.21. The molecular formula is C9H17NO3. The Bertz CT molecular complexity index is 180. The van der Waals surface area contributed by atoms with Gasteiger partial charge in [-0.25, -0.2) is 0 Å². The molecule has 0 aliphatic rings. The summed E-state index contributed by atoms with van der Waals surface area (Å²) in [4.78, 5) is 21.6. The molecule has 4 heteroatoms. The third-order valence-corrected chi connectivity index (χ3v) is 1.81. The third-order valence-electron chi connectivity index (χ3n) is 1.81. The number of rotatable bonds is 5. The average Bonchev–Trinajstić information content (AvgIpc) is 2.12. The van der Waals surface area contributed by atoms with Gasteiger partial charge in [-0.15, -0.1) is 0 Å². The minimum Gasteiger partial charge on any atom is -0.454 e. The summed E-state index contributed by atoms with van der Waals surface area (Å²) in [5.41, 5.74) is 5.53. The molecule has 2 N–H and O–H groups in total. The van der Waals surface area contributed by atoms with Crippen LogP contribution in [0.2, 0.25) is 0 Å². The maximum absolute atomic E-state index is 11.2. The minimum absolute atomic E-state index is 0.0247. The molecule has 0 rings (SSSR count). The number of nitrogens with two attached hydrogens (primary N) is 1. The molecule has 0 aromatic rings. The van der Waals surface area contributed by atoms with Crippen LogP contribution < -0.4 is 5.73 Å². The summed E-state index contributed by atoms with van der Waals surface area (Å²) in [6.07, 6.45) is 0.447. The van der Waals surface area contributed by atoms with Gasteiger partial charge >= 0.3 is 5.97 Å². The monoisotopic (exact) mass is 187 g/mol. The van der Waals surface area contributed by atoms with Crippen molar-refractivity contribution in [1.29, 1.82) is 0 Å². The first-order chi connectivity index (χ1) is 6.02. The standard InChI is InChI=1S/C9H17NO3/c1-4-7(5-11)13-9(12)8(10)6(2)3/h5-8H,4,10H2,1-3H3/t7?,8-/m0/s1. The number of ether oxygens (including phenoxy) is 1. The van der Waals surface area contributed by atoms with Crippen LogP contribution in [0.5, 0.6) is 0 Å². The number of aldehydes is 1. The first-order valence-electron chi connectivity index (χ1n) is 4.44. The smallest absolute Gasteiger partial charge is 0.323 e. The largest absolute Gasteiger partial charge is 0.454 e. The first kappa shape index (κ1) is 12.1. The van der Waals surface area contributed by atoms with Crippen molar-refractivity contribution in [1.82, 2.24) is 0 Å². The van der Waals surface area contributed by atoms with Crippen LogP contribution in [-0.4, -0.2) is 24.4 Å². The van der Waals surface area contributed by atoms with Crippen LogP contribution in [0, 0.1) is 5.92 Å². The Kier molecular flexibility index (Phi) is 5.30. The van der Waals surface area contributed by atoms with Crippen LogP contribution in [0.15, 0.2) is 0 Å². The predicted octanol–water partition coefficient (Wildman–Crippen LogP) is 0.490. The van der Waals surface area contributed by atoms with Gasteiger partial charge in [0.2, 0.25) is 0 Å². The fraction of sp³-hybridized carbons (Fsp3) is 0.778. The zero-order valence-corrected chi connectivity index (χ0v) is 8.32. The SMILES string of the molecule is CCC(C=O)OC(=O)[C@@H](N)C(C)C. The van der Waals surface area contributed by atoms with Crippen LogP contribution in [0.3, 0.4) is 0 Å². The van der Waals surface area contributed by atoms with Gasteiger partial charge in [0.05, 0.1) is 0 Å².